The zero-order chi connectivity index (χ0) is 19.8. The Balaban J connectivity index is 3.24. The van der Waals surface area contributed by atoms with Gasteiger partial charge >= 0.3 is 0 Å². The van der Waals surface area contributed by atoms with Crippen LogP contribution >= 0.6 is 0 Å². The Bertz CT molecular complexity index is 321. The lowest BCUT2D eigenvalue weighted by Crippen LogP contribution is -1.97. The van der Waals surface area contributed by atoms with Gasteiger partial charge in [-0.2, -0.15) is 0 Å². The van der Waals surface area contributed by atoms with Crippen molar-refractivity contribution < 1.29 is 0 Å². The first kappa shape index (κ1) is 26.2. The molecule has 0 aromatic rings. The predicted molar refractivity (Wildman–Crippen MR) is 125 cm³/mol. The third kappa shape index (κ3) is 21.3. The fraction of sp³-hybridized carbons (Fsp3) is 0.769. The third-order valence-electron chi connectivity index (χ3n) is 5.47. The molecule has 158 valence electrons. The summed E-state index contributed by atoms with van der Waals surface area (Å²) in [5.74, 6) is 0.777. The highest BCUT2D eigenvalue weighted by Gasteiger charge is 2.04. The molecule has 0 saturated heterocycles. The summed E-state index contributed by atoms with van der Waals surface area (Å²) in [5.41, 5.74) is 5.51. The van der Waals surface area contributed by atoms with Gasteiger partial charge in [0.05, 0.1) is 0 Å². The van der Waals surface area contributed by atoms with E-state index in [0.717, 1.165) is 25.3 Å². The molecule has 0 aliphatic heterocycles. The summed E-state index contributed by atoms with van der Waals surface area (Å²) in [6.07, 6.45) is 32.9. The summed E-state index contributed by atoms with van der Waals surface area (Å²) in [5, 5.41) is 0. The normalized spacial score (nSPS) is 11.5. The number of hydrogen-bond donors (Lipinski definition) is 1. The number of nitrogens with two attached hydrogens (primary N) is 1. The largest absolute Gasteiger partial charge is 0.330 e. The molecule has 0 bridgehead atoms. The topological polar surface area (TPSA) is 26.0 Å². The van der Waals surface area contributed by atoms with Crippen molar-refractivity contribution in [1.29, 1.82) is 0 Å². The quantitative estimate of drug-likeness (QED) is 0.149. The molecule has 27 heavy (non-hydrogen) atoms. The zero-order valence-electron chi connectivity index (χ0n) is 18.3. The van der Waals surface area contributed by atoms with Crippen molar-refractivity contribution in [2.75, 3.05) is 6.54 Å². The molecule has 0 heterocycles. The monoisotopic (exact) mass is 375 g/mol. The molecule has 0 spiro atoms. The zero-order valence-corrected chi connectivity index (χ0v) is 18.3. The minimum atomic E-state index is 0.777. The number of allylic oxidation sites excluding steroid dienone is 4. The standard InChI is InChI=1S/C26H49N/c1-3-22-26(23-4-2)24-20-18-16-14-12-10-8-6-5-7-9-11-13-15-17-19-21-25-27/h3-4,6,8,26H,1-2,5,7,9-25,27H2/b8-6-. The van der Waals surface area contributed by atoms with Crippen LogP contribution in [0.1, 0.15) is 116 Å². The summed E-state index contributed by atoms with van der Waals surface area (Å²) in [6, 6.07) is 0. The highest BCUT2D eigenvalue weighted by atomic mass is 14.5. The average molecular weight is 376 g/mol. The Morgan fingerprint density at radius 3 is 1.41 bits per heavy atom. The fourth-order valence-electron chi connectivity index (χ4n) is 3.73. The minimum Gasteiger partial charge on any atom is -0.330 e. The van der Waals surface area contributed by atoms with Gasteiger partial charge in [0.25, 0.3) is 0 Å². The molecule has 0 aromatic heterocycles. The highest BCUT2D eigenvalue weighted by Crippen LogP contribution is 2.19. The Labute approximate surface area is 171 Å². The molecule has 0 radical (unpaired) electrons. The number of hydrogen-bond acceptors (Lipinski definition) is 1. The van der Waals surface area contributed by atoms with Gasteiger partial charge in [0.1, 0.15) is 0 Å². The summed E-state index contributed by atoms with van der Waals surface area (Å²) >= 11 is 0. The van der Waals surface area contributed by atoms with Crippen LogP contribution in [-0.2, 0) is 0 Å². The van der Waals surface area contributed by atoms with E-state index in [1.54, 1.807) is 0 Å². The Kier molecular flexibility index (Phi) is 22.5. The lowest BCUT2D eigenvalue weighted by Gasteiger charge is -2.12. The SMILES string of the molecule is C=CCC(CC=C)CCCCCCC/C=C\CCCCCCCCCCN. The van der Waals surface area contributed by atoms with E-state index in [2.05, 4.69) is 37.5 Å². The Hall–Kier alpha value is -0.820. The van der Waals surface area contributed by atoms with Gasteiger partial charge in [-0.1, -0.05) is 88.5 Å². The van der Waals surface area contributed by atoms with Crippen LogP contribution in [0.25, 0.3) is 0 Å². The fourth-order valence-corrected chi connectivity index (χ4v) is 3.73. The van der Waals surface area contributed by atoms with E-state index in [1.165, 1.54) is 103 Å². The van der Waals surface area contributed by atoms with Crippen molar-refractivity contribution >= 4 is 0 Å². The molecule has 0 aliphatic rings. The molecule has 0 aliphatic carbocycles. The number of rotatable bonds is 22. The van der Waals surface area contributed by atoms with Crippen LogP contribution in [0.2, 0.25) is 0 Å². The van der Waals surface area contributed by atoms with Crippen molar-refractivity contribution in [3.8, 4) is 0 Å². The molecular formula is C26H49N. The smallest absolute Gasteiger partial charge is 0.00773 e. The molecule has 0 rings (SSSR count). The van der Waals surface area contributed by atoms with Gasteiger partial charge in [-0.25, -0.2) is 0 Å². The van der Waals surface area contributed by atoms with E-state index in [4.69, 9.17) is 5.73 Å². The first-order chi connectivity index (χ1) is 13.3. The van der Waals surface area contributed by atoms with Gasteiger partial charge in [0.2, 0.25) is 0 Å². The van der Waals surface area contributed by atoms with Crippen LogP contribution in [0.5, 0.6) is 0 Å². The van der Waals surface area contributed by atoms with Crippen LogP contribution in [-0.4, -0.2) is 6.54 Å². The lowest BCUT2D eigenvalue weighted by atomic mass is 9.94. The van der Waals surface area contributed by atoms with Crippen LogP contribution in [0.15, 0.2) is 37.5 Å². The summed E-state index contributed by atoms with van der Waals surface area (Å²) < 4.78 is 0. The average Bonchev–Trinajstić information content (AvgIpc) is 2.67. The van der Waals surface area contributed by atoms with Gasteiger partial charge < -0.3 is 5.73 Å². The minimum absolute atomic E-state index is 0.777. The molecule has 1 nitrogen and oxygen atoms in total. The summed E-state index contributed by atoms with van der Waals surface area (Å²) in [7, 11) is 0. The van der Waals surface area contributed by atoms with Crippen LogP contribution in [0, 0.1) is 5.92 Å². The second-order valence-electron chi connectivity index (χ2n) is 8.14. The molecule has 0 amide bonds. The lowest BCUT2D eigenvalue weighted by molar-refractivity contribution is 0.459. The summed E-state index contributed by atoms with van der Waals surface area (Å²) in [4.78, 5) is 0. The molecule has 1 heteroatoms. The molecule has 0 aromatic carbocycles. The molecule has 0 saturated carbocycles. The second-order valence-corrected chi connectivity index (χ2v) is 8.14. The van der Waals surface area contributed by atoms with Crippen molar-refractivity contribution in [2.24, 2.45) is 11.7 Å². The molecule has 0 fully saturated rings. The van der Waals surface area contributed by atoms with Crippen LogP contribution in [0.4, 0.5) is 0 Å². The molecule has 0 unspecified atom stereocenters. The van der Waals surface area contributed by atoms with E-state index in [0.29, 0.717) is 0 Å². The molecule has 2 N–H and O–H groups in total. The first-order valence-corrected chi connectivity index (χ1v) is 11.9. The predicted octanol–water partition coefficient (Wildman–Crippen LogP) is 8.51. The van der Waals surface area contributed by atoms with Gasteiger partial charge in [-0.15, -0.1) is 13.2 Å². The van der Waals surface area contributed by atoms with E-state index in [-0.39, 0.29) is 0 Å². The Morgan fingerprint density at radius 2 is 0.963 bits per heavy atom. The van der Waals surface area contributed by atoms with E-state index in [1.807, 2.05) is 0 Å². The van der Waals surface area contributed by atoms with Crippen LogP contribution in [0.3, 0.4) is 0 Å². The van der Waals surface area contributed by atoms with Crippen LogP contribution < -0.4 is 5.73 Å². The maximum atomic E-state index is 5.51. The molecular weight excluding hydrogens is 326 g/mol. The molecule has 0 atom stereocenters. The van der Waals surface area contributed by atoms with Gasteiger partial charge in [0.15, 0.2) is 0 Å². The second kappa shape index (κ2) is 23.2. The van der Waals surface area contributed by atoms with Crippen molar-refractivity contribution in [2.45, 2.75) is 116 Å². The van der Waals surface area contributed by atoms with E-state index < -0.39 is 0 Å². The van der Waals surface area contributed by atoms with E-state index >= 15 is 0 Å². The third-order valence-corrected chi connectivity index (χ3v) is 5.47. The van der Waals surface area contributed by atoms with E-state index in [9.17, 15) is 0 Å². The van der Waals surface area contributed by atoms with Gasteiger partial charge in [-0.05, 0) is 63.8 Å². The maximum absolute atomic E-state index is 5.51. The van der Waals surface area contributed by atoms with Gasteiger partial charge in [-0.3, -0.25) is 0 Å². The van der Waals surface area contributed by atoms with Gasteiger partial charge in [0, 0.05) is 0 Å². The Morgan fingerprint density at radius 1 is 0.556 bits per heavy atom. The first-order valence-electron chi connectivity index (χ1n) is 11.9. The van der Waals surface area contributed by atoms with Crippen molar-refractivity contribution in [1.82, 2.24) is 0 Å². The van der Waals surface area contributed by atoms with Crippen molar-refractivity contribution in [3.05, 3.63) is 37.5 Å². The maximum Gasteiger partial charge on any atom is -0.00773 e. The van der Waals surface area contributed by atoms with Crippen molar-refractivity contribution in [3.63, 3.8) is 0 Å². The summed E-state index contributed by atoms with van der Waals surface area (Å²) in [6.45, 7) is 8.60. The number of unbranched alkanes of at least 4 members (excludes halogenated alkanes) is 13. The highest BCUT2D eigenvalue weighted by molar-refractivity contribution is 4.81.